The van der Waals surface area contributed by atoms with Crippen LogP contribution in [0.2, 0.25) is 0 Å². The lowest BCUT2D eigenvalue weighted by molar-refractivity contribution is 0.0976. The van der Waals surface area contributed by atoms with Crippen LogP contribution in [0.15, 0.2) is 53.2 Å². The second-order valence-corrected chi connectivity index (χ2v) is 6.28. The largest absolute Gasteiger partial charge is 0.492 e. The van der Waals surface area contributed by atoms with E-state index in [0.717, 1.165) is 27.1 Å². The fourth-order valence-corrected chi connectivity index (χ4v) is 3.62. The minimum Gasteiger partial charge on any atom is -0.492 e. The zero-order chi connectivity index (χ0) is 15.8. The molecule has 6 heteroatoms. The van der Waals surface area contributed by atoms with Crippen LogP contribution in [0, 0.1) is 0 Å². The van der Waals surface area contributed by atoms with Gasteiger partial charge < -0.3 is 19.5 Å². The van der Waals surface area contributed by atoms with E-state index in [1.54, 1.807) is 17.4 Å². The smallest absolute Gasteiger partial charge is 0.284 e. The summed E-state index contributed by atoms with van der Waals surface area (Å²) in [7, 11) is 0. The van der Waals surface area contributed by atoms with E-state index in [1.165, 1.54) is 0 Å². The summed E-state index contributed by atoms with van der Waals surface area (Å²) in [5.41, 5.74) is 5.96. The molecule has 0 aliphatic heterocycles. The van der Waals surface area contributed by atoms with Crippen molar-refractivity contribution in [3.8, 4) is 5.75 Å². The highest BCUT2D eigenvalue weighted by Gasteiger charge is 2.14. The minimum absolute atomic E-state index is 0.195. The molecule has 4 rings (SSSR count). The Hall–Kier alpha value is -2.73. The number of ether oxygens (including phenoxy) is 1. The molecule has 0 bridgehead atoms. The Labute approximate surface area is 135 Å². The van der Waals surface area contributed by atoms with Crippen molar-refractivity contribution < 1.29 is 13.9 Å². The molecule has 0 saturated carbocycles. The van der Waals surface area contributed by atoms with Gasteiger partial charge in [-0.15, -0.1) is 11.3 Å². The highest BCUT2D eigenvalue weighted by Crippen LogP contribution is 2.37. The van der Waals surface area contributed by atoms with Gasteiger partial charge in [-0.3, -0.25) is 4.79 Å². The lowest BCUT2D eigenvalue weighted by atomic mass is 10.2. The van der Waals surface area contributed by atoms with Crippen molar-refractivity contribution >= 4 is 37.6 Å². The zero-order valence-electron chi connectivity index (χ0n) is 12.2. The molecule has 0 aliphatic carbocycles. The first-order valence-electron chi connectivity index (χ1n) is 7.20. The van der Waals surface area contributed by atoms with Crippen LogP contribution >= 0.6 is 11.3 Å². The van der Waals surface area contributed by atoms with Crippen molar-refractivity contribution in [2.45, 2.75) is 6.54 Å². The highest BCUT2D eigenvalue weighted by molar-refractivity contribution is 7.25. The first-order valence-corrected chi connectivity index (χ1v) is 8.02. The number of hydrogen-bond donors (Lipinski definition) is 1. The van der Waals surface area contributed by atoms with Crippen LogP contribution in [-0.2, 0) is 6.54 Å². The van der Waals surface area contributed by atoms with Crippen molar-refractivity contribution in [2.75, 3.05) is 6.61 Å². The molecule has 0 unspecified atom stereocenters. The maximum absolute atomic E-state index is 11.2. The van der Waals surface area contributed by atoms with Crippen molar-refractivity contribution in [1.29, 1.82) is 0 Å². The molecule has 3 heterocycles. The Kier molecular flexibility index (Phi) is 3.31. The molecule has 116 valence electrons. The summed E-state index contributed by atoms with van der Waals surface area (Å²) in [6, 6.07) is 11.5. The van der Waals surface area contributed by atoms with Crippen LogP contribution in [0.1, 0.15) is 10.6 Å². The number of carbonyl (C=O) groups is 1. The number of nitrogens with zero attached hydrogens (tertiary/aromatic N) is 1. The van der Waals surface area contributed by atoms with E-state index in [4.69, 9.17) is 14.9 Å². The van der Waals surface area contributed by atoms with Crippen LogP contribution < -0.4 is 10.5 Å². The number of amides is 1. The lowest BCUT2D eigenvalue weighted by Crippen LogP contribution is -2.09. The number of fused-ring (bicyclic) bond motifs is 3. The molecule has 0 radical (unpaired) electrons. The Morgan fingerprint density at radius 3 is 2.83 bits per heavy atom. The van der Waals surface area contributed by atoms with Gasteiger partial charge in [0, 0.05) is 28.5 Å². The minimum atomic E-state index is -0.550. The molecule has 5 nitrogen and oxygen atoms in total. The maximum atomic E-state index is 11.2. The van der Waals surface area contributed by atoms with Crippen LogP contribution in [0.25, 0.3) is 20.4 Å². The molecule has 0 spiro atoms. The summed E-state index contributed by atoms with van der Waals surface area (Å²) in [4.78, 5) is 11.2. The van der Waals surface area contributed by atoms with Gasteiger partial charge in [-0.1, -0.05) is 0 Å². The maximum Gasteiger partial charge on any atom is 0.284 e. The van der Waals surface area contributed by atoms with Crippen LogP contribution in [-0.4, -0.2) is 17.1 Å². The molecular weight excluding hydrogens is 312 g/mol. The van der Waals surface area contributed by atoms with Crippen LogP contribution in [0.3, 0.4) is 0 Å². The second kappa shape index (κ2) is 5.48. The second-order valence-electron chi connectivity index (χ2n) is 5.20. The Balaban J connectivity index is 1.56. The Morgan fingerprint density at radius 2 is 2.04 bits per heavy atom. The average Bonchev–Trinajstić information content (AvgIpc) is 3.21. The number of nitrogens with two attached hydrogens (primary N) is 1. The number of aromatic nitrogens is 1. The molecule has 23 heavy (non-hydrogen) atoms. The molecule has 2 N–H and O–H groups in total. The number of hydrogen-bond acceptors (Lipinski definition) is 4. The van der Waals surface area contributed by atoms with Crippen molar-refractivity contribution in [1.82, 2.24) is 4.57 Å². The van der Waals surface area contributed by atoms with E-state index in [2.05, 4.69) is 4.57 Å². The monoisotopic (exact) mass is 326 g/mol. The van der Waals surface area contributed by atoms with Gasteiger partial charge in [0.15, 0.2) is 11.3 Å². The van der Waals surface area contributed by atoms with Gasteiger partial charge in [-0.25, -0.2) is 0 Å². The summed E-state index contributed by atoms with van der Waals surface area (Å²) in [6.07, 6.45) is 4.02. The molecule has 0 aliphatic rings. The summed E-state index contributed by atoms with van der Waals surface area (Å²) < 4.78 is 15.4. The van der Waals surface area contributed by atoms with Gasteiger partial charge in [0.05, 0.1) is 11.2 Å². The molecule has 1 aromatic carbocycles. The van der Waals surface area contributed by atoms with Crippen molar-refractivity contribution in [3.05, 3.63) is 54.6 Å². The molecule has 0 fully saturated rings. The Morgan fingerprint density at radius 1 is 1.22 bits per heavy atom. The number of rotatable bonds is 5. The fraction of sp³-hybridized carbons (Fsp3) is 0.118. The standard InChI is InChI=1S/C17H14N2O3S/c18-17(20)13-10-15-16(22-13)12-4-3-11(9-14(12)23-15)21-8-7-19-5-1-2-6-19/h1-6,9-10H,7-8H2,(H2,18,20). The highest BCUT2D eigenvalue weighted by atomic mass is 32.1. The van der Waals surface area contributed by atoms with E-state index in [-0.39, 0.29) is 5.76 Å². The van der Waals surface area contributed by atoms with Crippen LogP contribution in [0.4, 0.5) is 0 Å². The third kappa shape index (κ3) is 2.57. The summed E-state index contributed by atoms with van der Waals surface area (Å²) in [6.45, 7) is 1.41. The van der Waals surface area contributed by atoms with Crippen molar-refractivity contribution in [3.63, 3.8) is 0 Å². The van der Waals surface area contributed by atoms with E-state index >= 15 is 0 Å². The van der Waals surface area contributed by atoms with Gasteiger partial charge >= 0.3 is 0 Å². The fourth-order valence-electron chi connectivity index (χ4n) is 2.53. The average molecular weight is 326 g/mol. The summed E-state index contributed by atoms with van der Waals surface area (Å²) in [5.74, 6) is 0.468. The van der Waals surface area contributed by atoms with Crippen molar-refractivity contribution in [2.24, 2.45) is 5.73 Å². The van der Waals surface area contributed by atoms with Gasteiger partial charge in [0.1, 0.15) is 12.4 Å². The van der Waals surface area contributed by atoms with Gasteiger partial charge in [0.25, 0.3) is 5.91 Å². The summed E-state index contributed by atoms with van der Waals surface area (Å²) >= 11 is 1.56. The zero-order valence-corrected chi connectivity index (χ0v) is 13.0. The first-order chi connectivity index (χ1) is 11.2. The third-order valence-corrected chi connectivity index (χ3v) is 4.72. The quantitative estimate of drug-likeness (QED) is 0.609. The van der Waals surface area contributed by atoms with Gasteiger partial charge in [0.2, 0.25) is 0 Å². The predicted molar refractivity (Wildman–Crippen MR) is 90.0 cm³/mol. The predicted octanol–water partition coefficient (Wildman–Crippen LogP) is 3.63. The topological polar surface area (TPSA) is 70.4 Å². The SMILES string of the molecule is NC(=O)c1cc2sc3cc(OCCn4cccc4)ccc3c2o1. The number of primary amides is 1. The van der Waals surface area contributed by atoms with E-state index in [1.807, 2.05) is 42.7 Å². The molecule has 1 amide bonds. The lowest BCUT2D eigenvalue weighted by Gasteiger charge is -2.07. The molecular formula is C17H14N2O3S. The molecule has 0 saturated heterocycles. The number of benzene rings is 1. The number of furan rings is 1. The normalized spacial score (nSPS) is 11.3. The van der Waals surface area contributed by atoms with Gasteiger partial charge in [-0.05, 0) is 30.3 Å². The first kappa shape index (κ1) is 13.9. The third-order valence-electron chi connectivity index (χ3n) is 3.64. The van der Waals surface area contributed by atoms with Crippen LogP contribution in [0.5, 0.6) is 5.75 Å². The molecule has 4 aromatic rings. The Bertz CT molecular complexity index is 982. The molecule has 0 atom stereocenters. The number of thiophene rings is 1. The summed E-state index contributed by atoms with van der Waals surface area (Å²) in [5, 5.41) is 0.968. The van der Waals surface area contributed by atoms with E-state index < -0.39 is 5.91 Å². The van der Waals surface area contributed by atoms with E-state index in [0.29, 0.717) is 12.2 Å². The molecule has 3 aromatic heterocycles. The van der Waals surface area contributed by atoms with Gasteiger partial charge in [-0.2, -0.15) is 0 Å². The van der Waals surface area contributed by atoms with E-state index in [9.17, 15) is 4.79 Å². The number of carbonyl (C=O) groups excluding carboxylic acids is 1.